The lowest BCUT2D eigenvalue weighted by Crippen LogP contribution is -2.23. The molecule has 0 spiro atoms. The molecular weight excluding hydrogens is 536 g/mol. The van der Waals surface area contributed by atoms with Gasteiger partial charge in [-0.2, -0.15) is 0 Å². The molecule has 0 aliphatic carbocycles. The molecule has 0 saturated carbocycles. The standard InChI is InChI=1S/C41H28N2O/c1-3-11-29(12-4-1)41-42-37-25-30(23-24-38(37)43(41)31-13-5-2-6-14-31)27-19-21-28(22-20-27)35-26-36-33-16-9-10-18-39(33)44-40(36)34-17-8-7-15-32(34)35/h1-26,41-42H. The van der Waals surface area contributed by atoms with Gasteiger partial charge in [-0.25, -0.2) is 0 Å². The molecule has 1 aliphatic heterocycles. The Morgan fingerprint density at radius 1 is 0.500 bits per heavy atom. The van der Waals surface area contributed by atoms with Crippen molar-refractivity contribution in [2.75, 3.05) is 10.2 Å². The summed E-state index contributed by atoms with van der Waals surface area (Å²) >= 11 is 0. The number of hydrogen-bond donors (Lipinski definition) is 1. The lowest BCUT2D eigenvalue weighted by atomic mass is 9.94. The number of hydrogen-bond acceptors (Lipinski definition) is 3. The Morgan fingerprint density at radius 2 is 1.14 bits per heavy atom. The fourth-order valence-electron chi connectivity index (χ4n) is 6.76. The van der Waals surface area contributed by atoms with Gasteiger partial charge in [-0.1, -0.05) is 121 Å². The van der Waals surface area contributed by atoms with Crippen molar-refractivity contribution >= 4 is 49.8 Å². The first kappa shape index (κ1) is 24.8. The van der Waals surface area contributed by atoms with Gasteiger partial charge < -0.3 is 14.6 Å². The van der Waals surface area contributed by atoms with Crippen molar-refractivity contribution < 1.29 is 4.42 Å². The number of benzene rings is 7. The molecule has 0 saturated heterocycles. The molecule has 2 heterocycles. The van der Waals surface area contributed by atoms with Crippen molar-refractivity contribution in [3.63, 3.8) is 0 Å². The second-order valence-electron chi connectivity index (χ2n) is 11.4. The second kappa shape index (κ2) is 9.89. The number of furan rings is 1. The third-order valence-corrected chi connectivity index (χ3v) is 8.87. The van der Waals surface area contributed by atoms with E-state index in [1.54, 1.807) is 0 Å². The first-order chi connectivity index (χ1) is 21.8. The van der Waals surface area contributed by atoms with Crippen LogP contribution in [0.5, 0.6) is 0 Å². The highest BCUT2D eigenvalue weighted by Gasteiger charge is 2.31. The quantitative estimate of drug-likeness (QED) is 0.230. The van der Waals surface area contributed by atoms with Crippen LogP contribution in [0.4, 0.5) is 17.1 Å². The molecule has 7 aromatic carbocycles. The summed E-state index contributed by atoms with van der Waals surface area (Å²) < 4.78 is 6.33. The largest absolute Gasteiger partial charge is 0.455 e. The van der Waals surface area contributed by atoms with Crippen molar-refractivity contribution in [2.24, 2.45) is 0 Å². The smallest absolute Gasteiger partial charge is 0.143 e. The number of para-hydroxylation sites is 2. The van der Waals surface area contributed by atoms with E-state index in [9.17, 15) is 0 Å². The van der Waals surface area contributed by atoms with Gasteiger partial charge in [0.1, 0.15) is 17.3 Å². The minimum Gasteiger partial charge on any atom is -0.455 e. The maximum atomic E-state index is 6.33. The zero-order chi connectivity index (χ0) is 29.0. The Bertz CT molecular complexity index is 2300. The fourth-order valence-corrected chi connectivity index (χ4v) is 6.76. The van der Waals surface area contributed by atoms with Gasteiger partial charge in [0.25, 0.3) is 0 Å². The molecular formula is C41H28N2O. The number of anilines is 3. The minimum absolute atomic E-state index is 0.0217. The zero-order valence-corrected chi connectivity index (χ0v) is 23.9. The normalized spacial score (nSPS) is 14.3. The van der Waals surface area contributed by atoms with Crippen molar-refractivity contribution in [3.05, 3.63) is 163 Å². The van der Waals surface area contributed by atoms with Crippen LogP contribution in [0.2, 0.25) is 0 Å². The minimum atomic E-state index is 0.0217. The van der Waals surface area contributed by atoms with Crippen LogP contribution in [0.1, 0.15) is 11.7 Å². The zero-order valence-electron chi connectivity index (χ0n) is 23.9. The highest BCUT2D eigenvalue weighted by Crippen LogP contribution is 2.47. The fraction of sp³-hybridized carbons (Fsp3) is 0.0244. The predicted molar refractivity (Wildman–Crippen MR) is 183 cm³/mol. The number of rotatable bonds is 4. The summed E-state index contributed by atoms with van der Waals surface area (Å²) in [6.07, 6.45) is 0.0217. The van der Waals surface area contributed by atoms with E-state index in [0.717, 1.165) is 33.0 Å². The third-order valence-electron chi connectivity index (χ3n) is 8.87. The molecule has 208 valence electrons. The summed E-state index contributed by atoms with van der Waals surface area (Å²) in [6.45, 7) is 0. The summed E-state index contributed by atoms with van der Waals surface area (Å²) in [7, 11) is 0. The van der Waals surface area contributed by atoms with Crippen molar-refractivity contribution in [1.29, 1.82) is 0 Å². The molecule has 8 aromatic rings. The summed E-state index contributed by atoms with van der Waals surface area (Å²) in [4.78, 5) is 2.39. The van der Waals surface area contributed by atoms with Crippen LogP contribution in [0.3, 0.4) is 0 Å². The van der Waals surface area contributed by atoms with Crippen molar-refractivity contribution in [1.82, 2.24) is 0 Å². The highest BCUT2D eigenvalue weighted by molar-refractivity contribution is 6.19. The first-order valence-electron chi connectivity index (χ1n) is 15.1. The van der Waals surface area contributed by atoms with Crippen LogP contribution < -0.4 is 10.2 Å². The Labute approximate surface area is 255 Å². The van der Waals surface area contributed by atoms with Crippen molar-refractivity contribution in [3.8, 4) is 22.3 Å². The maximum absolute atomic E-state index is 6.33. The van der Waals surface area contributed by atoms with E-state index in [1.807, 2.05) is 12.1 Å². The van der Waals surface area contributed by atoms with Crippen LogP contribution in [-0.4, -0.2) is 0 Å². The predicted octanol–water partition coefficient (Wildman–Crippen LogP) is 11.3. The molecule has 0 amide bonds. The van der Waals surface area contributed by atoms with Gasteiger partial charge in [0, 0.05) is 21.8 Å². The molecule has 1 aromatic heterocycles. The van der Waals surface area contributed by atoms with Crippen LogP contribution in [0.25, 0.3) is 55.0 Å². The molecule has 3 nitrogen and oxygen atoms in total. The summed E-state index contributed by atoms with van der Waals surface area (Å²) in [6, 6.07) is 56.1. The number of fused-ring (bicyclic) bond motifs is 6. The molecule has 0 fully saturated rings. The average molecular weight is 565 g/mol. The molecule has 44 heavy (non-hydrogen) atoms. The lowest BCUT2D eigenvalue weighted by molar-refractivity contribution is 0.672. The molecule has 1 unspecified atom stereocenters. The van der Waals surface area contributed by atoms with Gasteiger partial charge in [0.2, 0.25) is 0 Å². The highest BCUT2D eigenvalue weighted by atomic mass is 16.3. The van der Waals surface area contributed by atoms with Crippen LogP contribution in [0, 0.1) is 0 Å². The summed E-state index contributed by atoms with van der Waals surface area (Å²) in [5, 5.41) is 8.45. The first-order valence-corrected chi connectivity index (χ1v) is 15.1. The maximum Gasteiger partial charge on any atom is 0.143 e. The Balaban J connectivity index is 1.11. The van der Waals surface area contributed by atoms with Gasteiger partial charge >= 0.3 is 0 Å². The summed E-state index contributed by atoms with van der Waals surface area (Å²) in [5.41, 5.74) is 11.4. The molecule has 1 aliphatic rings. The van der Waals surface area contributed by atoms with Gasteiger partial charge in [-0.3, -0.25) is 0 Å². The van der Waals surface area contributed by atoms with Gasteiger partial charge in [0.05, 0.1) is 11.4 Å². The number of nitrogens with one attached hydrogen (secondary N) is 1. The molecule has 9 rings (SSSR count). The monoisotopic (exact) mass is 564 g/mol. The number of nitrogens with zero attached hydrogens (tertiary/aromatic N) is 1. The molecule has 1 N–H and O–H groups in total. The van der Waals surface area contributed by atoms with E-state index in [-0.39, 0.29) is 6.17 Å². The lowest BCUT2D eigenvalue weighted by Gasteiger charge is -2.27. The van der Waals surface area contributed by atoms with E-state index >= 15 is 0 Å². The Kier molecular flexibility index (Phi) is 5.57. The summed E-state index contributed by atoms with van der Waals surface area (Å²) in [5.74, 6) is 0. The van der Waals surface area contributed by atoms with E-state index < -0.39 is 0 Å². The SMILES string of the molecule is c1ccc(C2Nc3cc(-c4ccc(-c5cc6c7ccccc7oc6c6ccccc56)cc4)ccc3N2c2ccccc2)cc1. The van der Waals surface area contributed by atoms with Crippen LogP contribution in [-0.2, 0) is 0 Å². The van der Waals surface area contributed by atoms with Crippen molar-refractivity contribution in [2.45, 2.75) is 6.17 Å². The Morgan fingerprint density at radius 3 is 1.93 bits per heavy atom. The van der Waals surface area contributed by atoms with Crippen LogP contribution >= 0.6 is 0 Å². The molecule has 0 radical (unpaired) electrons. The van der Waals surface area contributed by atoms with E-state index in [0.29, 0.717) is 0 Å². The van der Waals surface area contributed by atoms with E-state index in [2.05, 4.69) is 156 Å². The average Bonchev–Trinajstić information content (AvgIpc) is 3.67. The molecule has 0 bridgehead atoms. The van der Waals surface area contributed by atoms with Gasteiger partial charge in [-0.15, -0.1) is 0 Å². The van der Waals surface area contributed by atoms with E-state index in [1.165, 1.54) is 44.6 Å². The topological polar surface area (TPSA) is 28.4 Å². The van der Waals surface area contributed by atoms with E-state index in [4.69, 9.17) is 4.42 Å². The third kappa shape index (κ3) is 3.90. The molecule has 1 atom stereocenters. The van der Waals surface area contributed by atoms with Gasteiger partial charge in [0.15, 0.2) is 0 Å². The Hall–Kier alpha value is -5.80. The molecule has 3 heteroatoms. The second-order valence-corrected chi connectivity index (χ2v) is 11.4. The van der Waals surface area contributed by atoms with Crippen LogP contribution in [0.15, 0.2) is 162 Å². The van der Waals surface area contributed by atoms with Gasteiger partial charge in [-0.05, 0) is 69.6 Å².